The van der Waals surface area contributed by atoms with E-state index in [4.69, 9.17) is 4.74 Å². The summed E-state index contributed by atoms with van der Waals surface area (Å²) in [5.74, 6) is -0.0254. The third-order valence-corrected chi connectivity index (χ3v) is 5.82. The molecule has 2 aromatic heterocycles. The molecule has 0 amide bonds. The normalized spacial score (nSPS) is 19.0. The second-order valence-electron chi connectivity index (χ2n) is 5.69. The smallest absolute Gasteiger partial charge is 0.262 e. The van der Waals surface area contributed by atoms with Crippen LogP contribution in [-0.2, 0) is 34.9 Å². The van der Waals surface area contributed by atoms with Crippen LogP contribution in [0.25, 0.3) is 0 Å². The van der Waals surface area contributed by atoms with E-state index < -0.39 is 10.0 Å². The quantitative estimate of drug-likeness (QED) is 0.795. The Morgan fingerprint density at radius 1 is 1.43 bits per heavy atom. The Labute approximate surface area is 135 Å². The molecule has 0 saturated carbocycles. The van der Waals surface area contributed by atoms with Crippen molar-refractivity contribution >= 4 is 10.0 Å². The zero-order valence-electron chi connectivity index (χ0n) is 13.5. The lowest BCUT2D eigenvalue weighted by atomic mass is 9.97. The summed E-state index contributed by atoms with van der Waals surface area (Å²) in [6.07, 6.45) is 4.84. The van der Waals surface area contributed by atoms with E-state index in [-0.39, 0.29) is 10.9 Å². The Bertz CT molecular complexity index is 795. The van der Waals surface area contributed by atoms with Crippen molar-refractivity contribution < 1.29 is 13.2 Å². The number of nitrogens with zero attached hydrogens (tertiary/aromatic N) is 5. The first-order chi connectivity index (χ1) is 11.0. The number of sulfonamides is 1. The zero-order chi connectivity index (χ0) is 16.6. The maximum Gasteiger partial charge on any atom is 0.262 e. The first kappa shape index (κ1) is 16.2. The van der Waals surface area contributed by atoms with Gasteiger partial charge < -0.3 is 9.30 Å². The van der Waals surface area contributed by atoms with Crippen molar-refractivity contribution in [1.29, 1.82) is 0 Å². The van der Waals surface area contributed by atoms with Gasteiger partial charge in [-0.2, -0.15) is 9.40 Å². The van der Waals surface area contributed by atoms with Gasteiger partial charge in [-0.1, -0.05) is 0 Å². The molecule has 8 nitrogen and oxygen atoms in total. The lowest BCUT2D eigenvalue weighted by molar-refractivity contribution is 0.162. The highest BCUT2D eigenvalue weighted by atomic mass is 32.2. The highest BCUT2D eigenvalue weighted by molar-refractivity contribution is 7.89. The molecule has 1 atom stereocenters. The van der Waals surface area contributed by atoms with Crippen LogP contribution in [0.4, 0.5) is 0 Å². The summed E-state index contributed by atoms with van der Waals surface area (Å²) < 4.78 is 35.9. The monoisotopic (exact) mass is 339 g/mol. The topological polar surface area (TPSA) is 82.3 Å². The number of fused-ring (bicyclic) bond motifs is 1. The van der Waals surface area contributed by atoms with Crippen molar-refractivity contribution in [3.63, 3.8) is 0 Å². The molecule has 0 radical (unpaired) electrons. The summed E-state index contributed by atoms with van der Waals surface area (Å²) in [4.78, 5) is 4.00. The van der Waals surface area contributed by atoms with Crippen molar-refractivity contribution in [2.45, 2.75) is 31.0 Å². The van der Waals surface area contributed by atoms with Gasteiger partial charge in [0, 0.05) is 44.9 Å². The van der Waals surface area contributed by atoms with E-state index in [0.29, 0.717) is 26.2 Å². The van der Waals surface area contributed by atoms with Gasteiger partial charge in [0.1, 0.15) is 0 Å². The summed E-state index contributed by atoms with van der Waals surface area (Å²) in [5, 5.41) is 4.43. The van der Waals surface area contributed by atoms with Gasteiger partial charge in [0.25, 0.3) is 10.0 Å². The van der Waals surface area contributed by atoms with Crippen LogP contribution in [0.2, 0.25) is 0 Å². The average Bonchev–Trinajstić information content (AvgIpc) is 3.13. The van der Waals surface area contributed by atoms with E-state index >= 15 is 0 Å². The largest absolute Gasteiger partial charge is 0.384 e. The number of hydrogen-bond acceptors (Lipinski definition) is 5. The van der Waals surface area contributed by atoms with Crippen LogP contribution < -0.4 is 0 Å². The molecule has 3 rings (SSSR count). The Balaban J connectivity index is 1.99. The van der Waals surface area contributed by atoms with Gasteiger partial charge in [0.05, 0.1) is 31.4 Å². The molecule has 0 aromatic carbocycles. The molecule has 0 N–H and O–H groups in total. The van der Waals surface area contributed by atoms with E-state index in [1.165, 1.54) is 16.8 Å². The fraction of sp³-hybridized carbons (Fsp3) is 0.571. The number of imidazole rings is 1. The molecule has 126 valence electrons. The number of ether oxygens (including phenoxy) is 1. The van der Waals surface area contributed by atoms with Crippen LogP contribution in [0.1, 0.15) is 24.1 Å². The maximum atomic E-state index is 12.9. The molecule has 1 aliphatic rings. The Kier molecular flexibility index (Phi) is 4.26. The number of methoxy groups -OCH3 is 1. The molecular weight excluding hydrogens is 318 g/mol. The third-order valence-electron chi connectivity index (χ3n) is 4.12. The summed E-state index contributed by atoms with van der Waals surface area (Å²) in [5.41, 5.74) is 2.00. The summed E-state index contributed by atoms with van der Waals surface area (Å²) in [6, 6.07) is 0. The minimum Gasteiger partial charge on any atom is -0.384 e. The van der Waals surface area contributed by atoms with Gasteiger partial charge in [-0.15, -0.1) is 0 Å². The molecule has 3 heterocycles. The van der Waals surface area contributed by atoms with Crippen LogP contribution in [0.3, 0.4) is 0 Å². The molecular formula is C14H21N5O3S. The number of rotatable bonds is 5. The molecule has 2 aromatic rings. The Hall–Kier alpha value is -1.71. The van der Waals surface area contributed by atoms with E-state index in [1.807, 2.05) is 17.8 Å². The van der Waals surface area contributed by atoms with Gasteiger partial charge in [-0.25, -0.2) is 13.4 Å². The summed E-state index contributed by atoms with van der Waals surface area (Å²) >= 11 is 0. The maximum absolute atomic E-state index is 12.9. The van der Waals surface area contributed by atoms with Crippen LogP contribution in [0.5, 0.6) is 0 Å². The minimum absolute atomic E-state index is 0.0254. The molecule has 0 aliphatic carbocycles. The van der Waals surface area contributed by atoms with Gasteiger partial charge in [-0.05, 0) is 6.92 Å². The lowest BCUT2D eigenvalue weighted by Gasteiger charge is -2.31. The zero-order valence-corrected chi connectivity index (χ0v) is 14.3. The van der Waals surface area contributed by atoms with Gasteiger partial charge in [0.15, 0.2) is 5.03 Å². The molecule has 23 heavy (non-hydrogen) atoms. The predicted octanol–water partition coefficient (Wildman–Crippen LogP) is 0.571. The fourth-order valence-corrected chi connectivity index (χ4v) is 4.38. The van der Waals surface area contributed by atoms with Gasteiger partial charge >= 0.3 is 0 Å². The van der Waals surface area contributed by atoms with E-state index in [1.54, 1.807) is 18.7 Å². The van der Waals surface area contributed by atoms with E-state index in [0.717, 1.165) is 11.3 Å². The third kappa shape index (κ3) is 2.79. The second kappa shape index (κ2) is 6.06. The van der Waals surface area contributed by atoms with Crippen molar-refractivity contribution in [2.75, 3.05) is 20.3 Å². The first-order valence-corrected chi connectivity index (χ1v) is 8.93. The highest BCUT2D eigenvalue weighted by Gasteiger charge is 2.36. The first-order valence-electron chi connectivity index (χ1n) is 7.49. The molecule has 0 spiro atoms. The number of aromatic nitrogens is 4. The van der Waals surface area contributed by atoms with Crippen molar-refractivity contribution in [2.24, 2.45) is 7.05 Å². The van der Waals surface area contributed by atoms with Gasteiger partial charge in [0.2, 0.25) is 0 Å². The summed E-state index contributed by atoms with van der Waals surface area (Å²) in [7, 11) is -0.262. The van der Waals surface area contributed by atoms with Crippen molar-refractivity contribution in [3.05, 3.63) is 30.0 Å². The summed E-state index contributed by atoms with van der Waals surface area (Å²) in [6.45, 7) is 3.82. The fourth-order valence-electron chi connectivity index (χ4n) is 2.97. The van der Waals surface area contributed by atoms with E-state index in [9.17, 15) is 8.42 Å². The average molecular weight is 339 g/mol. The Morgan fingerprint density at radius 2 is 2.22 bits per heavy atom. The van der Waals surface area contributed by atoms with Crippen LogP contribution in [0, 0.1) is 0 Å². The van der Waals surface area contributed by atoms with Crippen molar-refractivity contribution in [3.8, 4) is 0 Å². The molecule has 0 fully saturated rings. The Morgan fingerprint density at radius 3 is 2.83 bits per heavy atom. The molecule has 1 unspecified atom stereocenters. The van der Waals surface area contributed by atoms with Crippen LogP contribution >= 0.6 is 0 Å². The standard InChI is InChI=1S/C14H21N5O3S/c1-4-19-13-7-18(6-11(9-22-3)12(13)5-16-19)23(20,21)14-8-17(2)10-15-14/h5,8,10-11H,4,6-7,9H2,1-3H3. The van der Waals surface area contributed by atoms with Crippen LogP contribution in [0.15, 0.2) is 23.7 Å². The lowest BCUT2D eigenvalue weighted by Crippen LogP contribution is -2.40. The van der Waals surface area contributed by atoms with Gasteiger partial charge in [-0.3, -0.25) is 4.68 Å². The SMILES string of the molecule is CCn1ncc2c1CN(S(=O)(=O)c1cn(C)cn1)CC2COC. The molecule has 9 heteroatoms. The van der Waals surface area contributed by atoms with Crippen LogP contribution in [-0.4, -0.2) is 52.3 Å². The predicted molar refractivity (Wildman–Crippen MR) is 83.3 cm³/mol. The highest BCUT2D eigenvalue weighted by Crippen LogP contribution is 2.31. The number of hydrogen-bond donors (Lipinski definition) is 0. The molecule has 0 bridgehead atoms. The molecule has 0 saturated heterocycles. The molecule has 1 aliphatic heterocycles. The number of aryl methyl sites for hydroxylation is 2. The second-order valence-corrected chi connectivity index (χ2v) is 7.57. The van der Waals surface area contributed by atoms with Crippen molar-refractivity contribution in [1.82, 2.24) is 23.6 Å². The van der Waals surface area contributed by atoms with E-state index in [2.05, 4.69) is 10.1 Å². The minimum atomic E-state index is -3.63.